The van der Waals surface area contributed by atoms with Crippen molar-refractivity contribution in [2.45, 2.75) is 26.2 Å². The molecule has 2 aliphatic heterocycles. The van der Waals surface area contributed by atoms with Crippen LogP contribution in [0.5, 0.6) is 11.5 Å². The van der Waals surface area contributed by atoms with Crippen LogP contribution < -0.4 is 14.5 Å². The summed E-state index contributed by atoms with van der Waals surface area (Å²) in [4.78, 5) is 9.64. The van der Waals surface area contributed by atoms with Crippen LogP contribution in [0.1, 0.15) is 26.3 Å². The van der Waals surface area contributed by atoms with Crippen molar-refractivity contribution < 1.29 is 25.8 Å². The van der Waals surface area contributed by atoms with Crippen LogP contribution in [0.4, 0.5) is 22.7 Å². The van der Waals surface area contributed by atoms with Crippen molar-refractivity contribution in [2.24, 2.45) is 0 Å². The molecule has 0 bridgehead atoms. The van der Waals surface area contributed by atoms with Gasteiger partial charge in [0.1, 0.15) is 5.82 Å². The Bertz CT molecular complexity index is 4420. The Morgan fingerprint density at radius 3 is 1.81 bits per heavy atom. The van der Waals surface area contributed by atoms with E-state index in [-0.39, 0.29) is 26.5 Å². The molecule has 0 aliphatic carbocycles. The maximum Gasteiger partial charge on any atom is 0.135 e. The predicted octanol–water partition coefficient (Wildman–Crippen LogP) is 18.4. The summed E-state index contributed by atoms with van der Waals surface area (Å²) in [5.74, 6) is 1.98. The van der Waals surface area contributed by atoms with Crippen molar-refractivity contribution in [1.29, 1.82) is 0 Å². The summed E-state index contributed by atoms with van der Waals surface area (Å²) in [7, 11) is 0. The van der Waals surface area contributed by atoms with E-state index in [1.165, 1.54) is 49.6 Å². The van der Waals surface area contributed by atoms with Crippen LogP contribution in [-0.2, 0) is 26.5 Å². The smallest absolute Gasteiger partial charge is 0.135 e. The molecule has 0 radical (unpaired) electrons. The van der Waals surface area contributed by atoms with Crippen LogP contribution in [0.2, 0.25) is 0 Å². The van der Waals surface area contributed by atoms with Gasteiger partial charge in [-0.25, -0.2) is 4.98 Å². The average molecular weight is 1170 g/mol. The molecule has 7 heteroatoms. The van der Waals surface area contributed by atoms with Gasteiger partial charge in [0.2, 0.25) is 0 Å². The maximum absolute atomic E-state index is 6.88. The fraction of sp³-hybridized carbons (Fsp3) is 0.0571. The molecule has 0 spiro atoms. The average Bonchev–Trinajstić information content (AvgIpc) is 4.31. The number of para-hydroxylation sites is 5. The summed E-state index contributed by atoms with van der Waals surface area (Å²) in [5.41, 5.74) is 19.9. The molecule has 0 amide bonds. The molecule has 77 heavy (non-hydrogen) atoms. The van der Waals surface area contributed by atoms with Gasteiger partial charge in [-0.1, -0.05) is 184 Å². The van der Waals surface area contributed by atoms with E-state index in [2.05, 4.69) is 265 Å². The van der Waals surface area contributed by atoms with Crippen molar-refractivity contribution >= 4 is 66.4 Å². The Labute approximate surface area is 462 Å². The molecular weight excluding hydrogens is 1120 g/mol. The minimum atomic E-state index is -0.102. The number of aromatic nitrogens is 3. The van der Waals surface area contributed by atoms with Gasteiger partial charge in [-0.15, -0.1) is 48.1 Å². The van der Waals surface area contributed by atoms with E-state index in [4.69, 9.17) is 9.72 Å². The van der Waals surface area contributed by atoms with Gasteiger partial charge in [-0.3, -0.25) is 0 Å². The molecule has 15 rings (SSSR count). The zero-order valence-corrected chi connectivity index (χ0v) is 44.7. The first-order valence-electron chi connectivity index (χ1n) is 25.9. The summed E-state index contributed by atoms with van der Waals surface area (Å²) in [6.45, 7) is 8.93. The third-order valence-corrected chi connectivity index (χ3v) is 15.4. The molecule has 0 saturated carbocycles. The topological polar surface area (TPSA) is 38.5 Å². The van der Waals surface area contributed by atoms with Crippen molar-refractivity contribution in [2.75, 3.05) is 9.80 Å². The van der Waals surface area contributed by atoms with E-state index in [0.29, 0.717) is 11.5 Å². The first-order valence-corrected chi connectivity index (χ1v) is 25.9. The fourth-order valence-electron chi connectivity index (χ4n) is 11.8. The van der Waals surface area contributed by atoms with E-state index in [1.54, 1.807) is 0 Å². The normalized spacial score (nSPS) is 12.7. The number of hydrogen-bond donors (Lipinski definition) is 0. The Morgan fingerprint density at radius 2 is 1.05 bits per heavy atom. The number of anilines is 4. The summed E-state index contributed by atoms with van der Waals surface area (Å²) in [6.07, 6.45) is 1.94. The predicted molar refractivity (Wildman–Crippen MR) is 313 cm³/mol. The maximum atomic E-state index is 6.88. The van der Waals surface area contributed by atoms with E-state index < -0.39 is 0 Å². The van der Waals surface area contributed by atoms with Crippen LogP contribution in [0.25, 0.3) is 99.6 Å². The standard InChI is InChI=1S/C70H48N5O.Pt/c1-70(2,3)47-37-38-71-67(39-47)74-64-41-50(35-36-56(64)60-42-59-54-26-11-10-25-53(54)57-30-18-31-58-55-27-12-13-32-61(55)75(69(57)58)66(59)43-65(60)74)76-49-24-16-23-48(40-49)72-44-73(63-34-15-14-33-62(63)72)68-51(45-19-6-4-7-20-45)28-17-29-52(68)46-21-8-5-9-22-46;/h4-39,42-44H,1-3H3;/q-3;. The zero-order chi connectivity index (χ0) is 50.6. The number of benzene rings is 10. The number of rotatable bonds is 7. The van der Waals surface area contributed by atoms with E-state index >= 15 is 0 Å². The van der Waals surface area contributed by atoms with Gasteiger partial charge < -0.3 is 23.7 Å². The summed E-state index contributed by atoms with van der Waals surface area (Å²) in [5, 5.41) is 4.64. The molecule has 0 fully saturated rings. The van der Waals surface area contributed by atoms with Crippen LogP contribution in [0.3, 0.4) is 0 Å². The van der Waals surface area contributed by atoms with Gasteiger partial charge in [-0.05, 0) is 75.0 Å². The Hall–Kier alpha value is -8.96. The molecule has 0 saturated heterocycles. The van der Waals surface area contributed by atoms with E-state index in [1.807, 2.05) is 24.4 Å². The Balaban J connectivity index is 0.00000540. The van der Waals surface area contributed by atoms with Gasteiger partial charge in [-0.2, -0.15) is 12.1 Å². The van der Waals surface area contributed by atoms with Crippen LogP contribution >= 0.6 is 0 Å². The number of nitrogens with zero attached hydrogens (tertiary/aromatic N) is 5. The molecular formula is C70H48N5OPt-3. The molecule has 6 nitrogen and oxygen atoms in total. The quantitative estimate of drug-likeness (QED) is 0.149. The third kappa shape index (κ3) is 7.45. The second-order valence-electron chi connectivity index (χ2n) is 20.8. The second kappa shape index (κ2) is 18.1. The van der Waals surface area contributed by atoms with E-state index in [9.17, 15) is 0 Å². The van der Waals surface area contributed by atoms with Gasteiger partial charge >= 0.3 is 0 Å². The number of fused-ring (bicyclic) bond motifs is 12. The molecule has 0 unspecified atom stereocenters. The third-order valence-electron chi connectivity index (χ3n) is 15.4. The summed E-state index contributed by atoms with van der Waals surface area (Å²) in [6, 6.07) is 87.7. The monoisotopic (exact) mass is 1170 g/mol. The molecule has 13 aromatic rings. The second-order valence-corrected chi connectivity index (χ2v) is 20.8. The van der Waals surface area contributed by atoms with Crippen LogP contribution in [-0.4, -0.2) is 14.1 Å². The zero-order valence-electron chi connectivity index (χ0n) is 42.5. The van der Waals surface area contributed by atoms with E-state index in [0.717, 1.165) is 78.3 Å². The minimum absolute atomic E-state index is 0. The van der Waals surface area contributed by atoms with Gasteiger partial charge in [0, 0.05) is 94.4 Å². The Morgan fingerprint density at radius 1 is 0.442 bits per heavy atom. The van der Waals surface area contributed by atoms with Crippen molar-refractivity contribution in [3.05, 3.63) is 255 Å². The largest absolute Gasteiger partial charge is 0.509 e. The number of hydrogen-bond acceptors (Lipinski definition) is 4. The van der Waals surface area contributed by atoms with Crippen molar-refractivity contribution in [1.82, 2.24) is 14.1 Å². The first-order chi connectivity index (χ1) is 37.3. The van der Waals surface area contributed by atoms with Crippen molar-refractivity contribution in [3.63, 3.8) is 0 Å². The van der Waals surface area contributed by atoms with Crippen molar-refractivity contribution in [3.8, 4) is 67.5 Å². The summed E-state index contributed by atoms with van der Waals surface area (Å²) >= 11 is 0. The molecule has 372 valence electrons. The van der Waals surface area contributed by atoms with Gasteiger partial charge in [0.15, 0.2) is 0 Å². The Kier molecular flexibility index (Phi) is 11.0. The van der Waals surface area contributed by atoms with Gasteiger partial charge in [0.05, 0.1) is 16.7 Å². The fourth-order valence-corrected chi connectivity index (χ4v) is 11.8. The van der Waals surface area contributed by atoms with Gasteiger partial charge in [0.25, 0.3) is 0 Å². The van der Waals surface area contributed by atoms with Crippen LogP contribution in [0.15, 0.2) is 231 Å². The number of ether oxygens (including phenoxy) is 1. The SMILES string of the molecule is CC(C)(C)c1ccnc(-n2c3[c-]c(Oc4[c-]c(N5[CH-]N(c6c(-c7ccccc7)cccc6-c6ccccc6)c6ccccc65)ccc4)ccc3c3cc4c(cc32)-n2c3ccccc3c3cccc(c32)-c2ccccc2-4)c1.[Pt]. The molecule has 5 heterocycles. The molecule has 2 aliphatic rings. The molecule has 0 N–H and O–H groups in total. The molecule has 10 aromatic carbocycles. The first kappa shape index (κ1) is 46.6. The van der Waals surface area contributed by atoms with Crippen LogP contribution in [0, 0.1) is 18.8 Å². The molecule has 0 atom stereocenters. The number of pyridine rings is 1. The summed E-state index contributed by atoms with van der Waals surface area (Å²) < 4.78 is 11.6. The minimum Gasteiger partial charge on any atom is -0.509 e. The molecule has 3 aromatic heterocycles.